The first-order valence-electron chi connectivity index (χ1n) is 7.55. The number of aromatic nitrogens is 5. The summed E-state index contributed by atoms with van der Waals surface area (Å²) in [6, 6.07) is 3.88. The fraction of sp³-hybridized carbons (Fsp3) is 0.125. The van der Waals surface area contributed by atoms with E-state index in [0.717, 1.165) is 27.8 Å². The number of thiazole rings is 1. The van der Waals surface area contributed by atoms with E-state index in [1.54, 1.807) is 23.3 Å². The Hall–Kier alpha value is -3.20. The van der Waals surface area contributed by atoms with Gasteiger partial charge in [0.2, 0.25) is 0 Å². The number of anilines is 3. The van der Waals surface area contributed by atoms with Gasteiger partial charge in [-0.15, -0.1) is 0 Å². The van der Waals surface area contributed by atoms with Crippen molar-refractivity contribution in [3.63, 3.8) is 0 Å². The maximum absolute atomic E-state index is 12.6. The fourth-order valence-corrected chi connectivity index (χ4v) is 3.25. The van der Waals surface area contributed by atoms with Crippen molar-refractivity contribution in [1.82, 2.24) is 25.0 Å². The number of hydrogen-bond acceptors (Lipinski definition) is 6. The number of hydrogen-bond donors (Lipinski definition) is 3. The topological polar surface area (TPSA) is 101 Å². The lowest BCUT2D eigenvalue weighted by atomic mass is 10.1. The lowest BCUT2D eigenvalue weighted by Gasteiger charge is -2.08. The highest BCUT2D eigenvalue weighted by Gasteiger charge is 2.15. The van der Waals surface area contributed by atoms with Crippen LogP contribution in [0.4, 0.5) is 16.5 Å². The molecular weight excluding hydrogens is 338 g/mol. The van der Waals surface area contributed by atoms with E-state index < -0.39 is 0 Å². The lowest BCUT2D eigenvalue weighted by molar-refractivity contribution is 0.103. The largest absolute Gasteiger partial charge is 0.329 e. The second kappa shape index (κ2) is 6.02. The molecule has 0 unspecified atom stereocenters. The van der Waals surface area contributed by atoms with Gasteiger partial charge in [-0.2, -0.15) is 10.2 Å². The molecule has 4 aromatic rings. The Bertz CT molecular complexity index is 1060. The molecule has 3 heterocycles. The van der Waals surface area contributed by atoms with Crippen molar-refractivity contribution >= 4 is 44.7 Å². The van der Waals surface area contributed by atoms with Gasteiger partial charge >= 0.3 is 0 Å². The third kappa shape index (κ3) is 2.96. The summed E-state index contributed by atoms with van der Waals surface area (Å²) in [5.74, 6) is -0.200. The molecule has 8 nitrogen and oxygen atoms in total. The molecule has 0 spiro atoms. The highest BCUT2D eigenvalue weighted by atomic mass is 32.1. The second-order valence-electron chi connectivity index (χ2n) is 5.60. The molecule has 0 aliphatic carbocycles. The molecule has 0 aliphatic heterocycles. The van der Waals surface area contributed by atoms with Gasteiger partial charge in [0.05, 0.1) is 35.5 Å². The number of fused-ring (bicyclic) bond motifs is 1. The van der Waals surface area contributed by atoms with Crippen LogP contribution in [-0.2, 0) is 7.05 Å². The summed E-state index contributed by atoms with van der Waals surface area (Å²) in [5, 5.41) is 18.6. The molecule has 0 fully saturated rings. The van der Waals surface area contributed by atoms with Crippen molar-refractivity contribution in [2.24, 2.45) is 7.05 Å². The Morgan fingerprint density at radius 2 is 2.16 bits per heavy atom. The van der Waals surface area contributed by atoms with Gasteiger partial charge in [0.1, 0.15) is 4.88 Å². The summed E-state index contributed by atoms with van der Waals surface area (Å²) in [6.07, 6.45) is 6.80. The molecule has 0 aliphatic rings. The summed E-state index contributed by atoms with van der Waals surface area (Å²) in [4.78, 5) is 17.4. The van der Waals surface area contributed by atoms with Gasteiger partial charge in [0.25, 0.3) is 5.91 Å². The molecule has 9 heteroatoms. The molecular formula is C16H15N7OS. The lowest BCUT2D eigenvalue weighted by Crippen LogP contribution is -2.11. The van der Waals surface area contributed by atoms with E-state index in [9.17, 15) is 4.79 Å². The standard InChI is InChI=1S/C16H15N7OS/c1-9-3-4-12-11(6-18-22-12)14(9)21-15(24)13-7-17-16(25-13)20-10-5-19-23(2)8-10/h3-8H,1-2H3,(H,17,20)(H,18,22)(H,21,24). The number of carbonyl (C=O) groups excluding carboxylic acids is 1. The van der Waals surface area contributed by atoms with Gasteiger partial charge in [-0.1, -0.05) is 17.4 Å². The van der Waals surface area contributed by atoms with Crippen LogP contribution in [0.15, 0.2) is 36.9 Å². The van der Waals surface area contributed by atoms with Gasteiger partial charge in [-0.3, -0.25) is 14.6 Å². The predicted molar refractivity (Wildman–Crippen MR) is 97.4 cm³/mol. The van der Waals surface area contributed by atoms with Crippen molar-refractivity contribution in [1.29, 1.82) is 0 Å². The Morgan fingerprint density at radius 3 is 2.96 bits per heavy atom. The molecule has 0 saturated heterocycles. The number of carbonyl (C=O) groups is 1. The molecule has 0 bridgehead atoms. The Kier molecular flexibility index (Phi) is 3.69. The van der Waals surface area contributed by atoms with Crippen LogP contribution in [-0.4, -0.2) is 30.9 Å². The van der Waals surface area contributed by atoms with Crippen molar-refractivity contribution in [3.8, 4) is 0 Å². The van der Waals surface area contributed by atoms with E-state index in [4.69, 9.17) is 0 Å². The summed E-state index contributed by atoms with van der Waals surface area (Å²) >= 11 is 1.28. The van der Waals surface area contributed by atoms with Gasteiger partial charge in [-0.25, -0.2) is 4.98 Å². The summed E-state index contributed by atoms with van der Waals surface area (Å²) in [6.45, 7) is 1.95. The zero-order valence-electron chi connectivity index (χ0n) is 13.6. The molecule has 4 rings (SSSR count). The number of nitrogens with zero attached hydrogens (tertiary/aromatic N) is 4. The summed E-state index contributed by atoms with van der Waals surface area (Å²) in [7, 11) is 1.84. The molecule has 3 N–H and O–H groups in total. The van der Waals surface area contributed by atoms with Crippen LogP contribution >= 0.6 is 11.3 Å². The fourth-order valence-electron chi connectivity index (χ4n) is 2.51. The third-order valence-corrected chi connectivity index (χ3v) is 4.67. The molecule has 25 heavy (non-hydrogen) atoms. The molecule has 0 atom stereocenters. The van der Waals surface area contributed by atoms with Crippen LogP contribution in [0.25, 0.3) is 10.9 Å². The smallest absolute Gasteiger partial charge is 0.267 e. The summed E-state index contributed by atoms with van der Waals surface area (Å²) < 4.78 is 1.69. The minimum Gasteiger partial charge on any atom is -0.329 e. The van der Waals surface area contributed by atoms with E-state index in [0.29, 0.717) is 10.0 Å². The van der Waals surface area contributed by atoms with Crippen LogP contribution in [0.2, 0.25) is 0 Å². The Labute approximate surface area is 146 Å². The van der Waals surface area contributed by atoms with Crippen molar-refractivity contribution in [2.75, 3.05) is 10.6 Å². The quantitative estimate of drug-likeness (QED) is 0.523. The first kappa shape index (κ1) is 15.3. The van der Waals surface area contributed by atoms with Gasteiger partial charge in [0, 0.05) is 18.6 Å². The van der Waals surface area contributed by atoms with Crippen LogP contribution < -0.4 is 10.6 Å². The highest BCUT2D eigenvalue weighted by Crippen LogP contribution is 2.28. The molecule has 126 valence electrons. The minimum atomic E-state index is -0.200. The molecule has 1 aromatic carbocycles. The maximum Gasteiger partial charge on any atom is 0.267 e. The Balaban J connectivity index is 1.55. The zero-order chi connectivity index (χ0) is 17.4. The number of aromatic amines is 1. The van der Waals surface area contributed by atoms with E-state index in [1.165, 1.54) is 11.3 Å². The van der Waals surface area contributed by atoms with Gasteiger partial charge < -0.3 is 10.6 Å². The monoisotopic (exact) mass is 353 g/mol. The number of H-pyrrole nitrogens is 1. The van der Waals surface area contributed by atoms with E-state index >= 15 is 0 Å². The van der Waals surface area contributed by atoms with Gasteiger partial charge in [-0.05, 0) is 18.6 Å². The highest BCUT2D eigenvalue weighted by molar-refractivity contribution is 7.17. The zero-order valence-corrected chi connectivity index (χ0v) is 14.4. The maximum atomic E-state index is 12.6. The average molecular weight is 353 g/mol. The molecule has 1 amide bonds. The number of aryl methyl sites for hydroxylation is 2. The molecule has 0 saturated carbocycles. The van der Waals surface area contributed by atoms with E-state index in [2.05, 4.69) is 30.9 Å². The van der Waals surface area contributed by atoms with Crippen molar-refractivity contribution in [3.05, 3.63) is 47.4 Å². The van der Waals surface area contributed by atoms with Gasteiger partial charge in [0.15, 0.2) is 5.13 Å². The third-order valence-electron chi connectivity index (χ3n) is 3.76. The van der Waals surface area contributed by atoms with Crippen LogP contribution in [0.1, 0.15) is 15.2 Å². The normalized spacial score (nSPS) is 11.0. The number of nitrogens with one attached hydrogen (secondary N) is 3. The van der Waals surface area contributed by atoms with Crippen LogP contribution in [0, 0.1) is 6.92 Å². The first-order valence-corrected chi connectivity index (χ1v) is 8.37. The Morgan fingerprint density at radius 1 is 1.28 bits per heavy atom. The predicted octanol–water partition coefficient (Wildman–Crippen LogP) is 3.06. The number of benzene rings is 1. The average Bonchev–Trinajstić information content (AvgIpc) is 3.31. The minimum absolute atomic E-state index is 0.200. The SMILES string of the molecule is Cc1ccc2[nH]ncc2c1NC(=O)c1cnc(Nc2cnn(C)c2)s1. The van der Waals surface area contributed by atoms with Crippen molar-refractivity contribution < 1.29 is 4.79 Å². The second-order valence-corrected chi connectivity index (χ2v) is 6.63. The van der Waals surface area contributed by atoms with Crippen LogP contribution in [0.5, 0.6) is 0 Å². The first-order chi connectivity index (χ1) is 12.1. The van der Waals surface area contributed by atoms with E-state index in [-0.39, 0.29) is 5.91 Å². The van der Waals surface area contributed by atoms with E-state index in [1.807, 2.05) is 32.3 Å². The number of rotatable bonds is 4. The molecule has 3 aromatic heterocycles. The van der Waals surface area contributed by atoms with Crippen molar-refractivity contribution in [2.45, 2.75) is 6.92 Å². The molecule has 0 radical (unpaired) electrons. The van der Waals surface area contributed by atoms with Crippen LogP contribution in [0.3, 0.4) is 0 Å². The number of amides is 1. The summed E-state index contributed by atoms with van der Waals surface area (Å²) in [5.41, 5.74) is 3.43.